The van der Waals surface area contributed by atoms with Gasteiger partial charge < -0.3 is 11.5 Å². The molecule has 11 heavy (non-hydrogen) atoms. The van der Waals surface area contributed by atoms with Gasteiger partial charge in [-0.05, 0) is 31.1 Å². The van der Waals surface area contributed by atoms with Gasteiger partial charge in [0.15, 0.2) is 5.78 Å². The van der Waals surface area contributed by atoms with Crippen LogP contribution in [0, 0.1) is 0 Å². The van der Waals surface area contributed by atoms with Crippen LogP contribution in [0.3, 0.4) is 0 Å². The fourth-order valence-corrected chi connectivity index (χ4v) is 1.11. The zero-order valence-electron chi connectivity index (χ0n) is 6.50. The lowest BCUT2D eigenvalue weighted by molar-refractivity contribution is -0.113. The third kappa shape index (κ3) is 1.91. The molecule has 0 radical (unpaired) electrons. The Labute approximate surface area is 65.8 Å². The van der Waals surface area contributed by atoms with Crippen molar-refractivity contribution in [2.45, 2.75) is 19.4 Å². The summed E-state index contributed by atoms with van der Waals surface area (Å²) >= 11 is 0. The Morgan fingerprint density at radius 2 is 2.36 bits per heavy atom. The zero-order valence-corrected chi connectivity index (χ0v) is 6.50. The predicted octanol–water partition coefficient (Wildman–Crippen LogP) is 0.0754. The molecule has 0 fully saturated rings. The van der Waals surface area contributed by atoms with Crippen LogP contribution < -0.4 is 11.5 Å². The quantitative estimate of drug-likeness (QED) is 0.559. The third-order valence-electron chi connectivity index (χ3n) is 1.66. The maximum Gasteiger partial charge on any atom is 0.155 e. The second-order valence-electron chi connectivity index (χ2n) is 2.76. The molecule has 60 valence electrons. The van der Waals surface area contributed by atoms with Gasteiger partial charge in [-0.1, -0.05) is 0 Å². The van der Waals surface area contributed by atoms with Gasteiger partial charge in [0.05, 0.1) is 0 Å². The first kappa shape index (κ1) is 8.01. The van der Waals surface area contributed by atoms with E-state index in [0.29, 0.717) is 12.1 Å². The summed E-state index contributed by atoms with van der Waals surface area (Å²) in [7, 11) is 0. The summed E-state index contributed by atoms with van der Waals surface area (Å²) in [5.41, 5.74) is 12.4. The number of allylic oxidation sites excluding steroid dienone is 1. The van der Waals surface area contributed by atoms with Crippen molar-refractivity contribution in [2.24, 2.45) is 11.5 Å². The van der Waals surface area contributed by atoms with Gasteiger partial charge in [0, 0.05) is 11.7 Å². The maximum absolute atomic E-state index is 10.9. The summed E-state index contributed by atoms with van der Waals surface area (Å²) in [6.07, 6.45) is 4.05. The topological polar surface area (TPSA) is 69.1 Å². The second kappa shape index (κ2) is 2.88. The Balaban J connectivity index is 2.84. The summed E-state index contributed by atoms with van der Waals surface area (Å²) in [4.78, 5) is 10.9. The van der Waals surface area contributed by atoms with Crippen LogP contribution in [0.5, 0.6) is 0 Å². The van der Waals surface area contributed by atoms with E-state index in [1.165, 1.54) is 6.92 Å². The van der Waals surface area contributed by atoms with Gasteiger partial charge in [0.25, 0.3) is 0 Å². The highest BCUT2D eigenvalue weighted by Crippen LogP contribution is 2.14. The highest BCUT2D eigenvalue weighted by molar-refractivity contribution is 5.94. The summed E-state index contributed by atoms with van der Waals surface area (Å²) < 4.78 is 0. The molecule has 4 N–H and O–H groups in total. The molecule has 0 heterocycles. The first-order valence-electron chi connectivity index (χ1n) is 3.54. The molecule has 0 spiro atoms. The molecule has 1 aliphatic rings. The second-order valence-corrected chi connectivity index (χ2v) is 2.76. The van der Waals surface area contributed by atoms with Gasteiger partial charge in [-0.15, -0.1) is 0 Å². The van der Waals surface area contributed by atoms with Crippen molar-refractivity contribution in [3.63, 3.8) is 0 Å². The van der Waals surface area contributed by atoms with E-state index in [0.717, 1.165) is 5.57 Å². The number of carbonyl (C=O) groups excluding carboxylic acids is 1. The molecule has 0 aromatic carbocycles. The first-order valence-corrected chi connectivity index (χ1v) is 3.54. The minimum absolute atomic E-state index is 0.0523. The normalized spacial score (nSPS) is 24.0. The molecule has 0 aromatic heterocycles. The van der Waals surface area contributed by atoms with Gasteiger partial charge in [-0.25, -0.2) is 0 Å². The van der Waals surface area contributed by atoms with Gasteiger partial charge in [0.1, 0.15) is 0 Å². The Kier molecular flexibility index (Phi) is 2.10. The van der Waals surface area contributed by atoms with Gasteiger partial charge in [-0.3, -0.25) is 4.79 Å². The number of Topliss-reactive ketones (excluding diaryl/α,β-unsaturated/α-hetero) is 1. The minimum atomic E-state index is -0.0982. The van der Waals surface area contributed by atoms with E-state index in [-0.39, 0.29) is 11.8 Å². The number of rotatable bonds is 1. The summed E-state index contributed by atoms with van der Waals surface area (Å²) in [6, 6.07) is -0.0982. The molecule has 3 nitrogen and oxygen atoms in total. The van der Waals surface area contributed by atoms with Crippen molar-refractivity contribution in [1.82, 2.24) is 0 Å². The Morgan fingerprint density at radius 3 is 2.82 bits per heavy atom. The Hall–Kier alpha value is -1.09. The Bertz CT molecular complexity index is 240. The fourth-order valence-electron chi connectivity index (χ4n) is 1.11. The van der Waals surface area contributed by atoms with Gasteiger partial charge in [-0.2, -0.15) is 0 Å². The van der Waals surface area contributed by atoms with E-state index in [1.807, 2.05) is 0 Å². The van der Waals surface area contributed by atoms with Crippen LogP contribution in [-0.4, -0.2) is 11.8 Å². The van der Waals surface area contributed by atoms with E-state index in [2.05, 4.69) is 0 Å². The van der Waals surface area contributed by atoms with E-state index in [9.17, 15) is 4.79 Å². The van der Waals surface area contributed by atoms with Crippen molar-refractivity contribution in [3.05, 3.63) is 23.4 Å². The minimum Gasteiger partial charge on any atom is -0.399 e. The van der Waals surface area contributed by atoms with Crippen LogP contribution in [0.25, 0.3) is 0 Å². The van der Waals surface area contributed by atoms with Crippen LogP contribution in [0.2, 0.25) is 0 Å². The molecular weight excluding hydrogens is 140 g/mol. The van der Waals surface area contributed by atoms with Crippen LogP contribution in [0.15, 0.2) is 23.4 Å². The predicted molar refractivity (Wildman–Crippen MR) is 43.6 cm³/mol. The monoisotopic (exact) mass is 152 g/mol. The average molecular weight is 152 g/mol. The van der Waals surface area contributed by atoms with E-state index in [4.69, 9.17) is 11.5 Å². The molecule has 0 aromatic rings. The lowest BCUT2D eigenvalue weighted by Gasteiger charge is -2.14. The Morgan fingerprint density at radius 1 is 1.73 bits per heavy atom. The van der Waals surface area contributed by atoms with E-state index < -0.39 is 0 Å². The molecule has 1 aliphatic carbocycles. The molecule has 1 rings (SSSR count). The zero-order chi connectivity index (χ0) is 8.43. The first-order chi connectivity index (χ1) is 5.09. The summed E-state index contributed by atoms with van der Waals surface area (Å²) in [5, 5.41) is 0. The number of hydrogen-bond acceptors (Lipinski definition) is 3. The van der Waals surface area contributed by atoms with Crippen molar-refractivity contribution in [2.75, 3.05) is 0 Å². The molecule has 0 bridgehead atoms. The molecule has 0 aliphatic heterocycles. The van der Waals surface area contributed by atoms with Crippen molar-refractivity contribution >= 4 is 5.78 Å². The van der Waals surface area contributed by atoms with Crippen molar-refractivity contribution in [3.8, 4) is 0 Å². The number of carbonyl (C=O) groups is 1. The van der Waals surface area contributed by atoms with Gasteiger partial charge in [0.2, 0.25) is 0 Å². The number of ketones is 1. The fraction of sp³-hybridized carbons (Fsp3) is 0.375. The molecule has 3 heteroatoms. The largest absolute Gasteiger partial charge is 0.399 e. The molecule has 0 saturated heterocycles. The molecule has 1 unspecified atom stereocenters. The third-order valence-corrected chi connectivity index (χ3v) is 1.66. The summed E-state index contributed by atoms with van der Waals surface area (Å²) in [6.45, 7) is 1.52. The maximum atomic E-state index is 10.9. The highest BCUT2D eigenvalue weighted by Gasteiger charge is 2.12. The molecule has 1 atom stereocenters. The van der Waals surface area contributed by atoms with E-state index >= 15 is 0 Å². The van der Waals surface area contributed by atoms with Crippen LogP contribution >= 0.6 is 0 Å². The lowest BCUT2D eigenvalue weighted by atomic mass is 9.97. The van der Waals surface area contributed by atoms with Crippen LogP contribution in [0.1, 0.15) is 13.3 Å². The molecule has 0 amide bonds. The van der Waals surface area contributed by atoms with Crippen molar-refractivity contribution < 1.29 is 4.79 Å². The van der Waals surface area contributed by atoms with Crippen LogP contribution in [-0.2, 0) is 4.79 Å². The van der Waals surface area contributed by atoms with Crippen LogP contribution in [0.4, 0.5) is 0 Å². The number of hydrogen-bond donors (Lipinski definition) is 2. The van der Waals surface area contributed by atoms with Gasteiger partial charge >= 0.3 is 0 Å². The highest BCUT2D eigenvalue weighted by atomic mass is 16.1. The lowest BCUT2D eigenvalue weighted by Crippen LogP contribution is -2.24. The molecular formula is C8H12N2O. The smallest absolute Gasteiger partial charge is 0.155 e. The SMILES string of the molecule is CC(=O)C1=CC(N)=CC(N)C1. The standard InChI is InChI=1S/C8H12N2O/c1-5(11)6-2-7(9)4-8(10)3-6/h2,4,8H,3,9-10H2,1H3. The summed E-state index contributed by atoms with van der Waals surface area (Å²) in [5.74, 6) is 0.0523. The average Bonchev–Trinajstić information content (AvgIpc) is 1.85. The molecule has 0 saturated carbocycles. The van der Waals surface area contributed by atoms with Crippen molar-refractivity contribution in [1.29, 1.82) is 0 Å². The van der Waals surface area contributed by atoms with E-state index in [1.54, 1.807) is 12.2 Å². The number of nitrogens with two attached hydrogens (primary N) is 2.